The maximum Gasteiger partial charge on any atom is 0.132 e. The summed E-state index contributed by atoms with van der Waals surface area (Å²) >= 11 is 5.61. The van der Waals surface area contributed by atoms with E-state index in [0.29, 0.717) is 18.6 Å². The highest BCUT2D eigenvalue weighted by atomic mass is 35.5. The second-order valence-corrected chi connectivity index (χ2v) is 4.59. The van der Waals surface area contributed by atoms with Gasteiger partial charge in [-0.25, -0.2) is 9.97 Å². The number of aromatic nitrogens is 2. The lowest BCUT2D eigenvalue weighted by atomic mass is 10.1. The third-order valence-corrected chi connectivity index (χ3v) is 3.11. The Balaban J connectivity index is 1.86. The van der Waals surface area contributed by atoms with Crippen LogP contribution in [0.15, 0.2) is 12.3 Å². The van der Waals surface area contributed by atoms with Crippen LogP contribution in [0.2, 0.25) is 0 Å². The minimum Gasteiger partial charge on any atom is -0.377 e. The van der Waals surface area contributed by atoms with E-state index in [-0.39, 0.29) is 0 Å². The summed E-state index contributed by atoms with van der Waals surface area (Å²) in [7, 11) is 0. The number of ether oxygens (including phenoxy) is 1. The highest BCUT2D eigenvalue weighted by Crippen LogP contribution is 2.19. The molecule has 0 spiro atoms. The predicted octanol–water partition coefficient (Wildman–Crippen LogP) is 2.01. The van der Waals surface area contributed by atoms with Crippen molar-refractivity contribution in [2.75, 3.05) is 30.5 Å². The molecule has 0 bridgehead atoms. The molecular formula is C12H18ClN3O. The summed E-state index contributed by atoms with van der Waals surface area (Å²) in [4.78, 5) is 10.8. The number of hydrogen-bond donors (Lipinski definition) is 0. The van der Waals surface area contributed by atoms with Crippen LogP contribution in [0.3, 0.4) is 0 Å². The standard InChI is InChI=1S/C12H18ClN3O/c1-10-14-6-2-12(15-10)16-7-3-11(4-8-16)17-9-5-13/h2,6,11H,3-5,7-9H2,1H3. The zero-order chi connectivity index (χ0) is 12.1. The molecule has 0 saturated carbocycles. The Kier molecular flexibility index (Phi) is 4.57. The van der Waals surface area contributed by atoms with Gasteiger partial charge in [-0.15, -0.1) is 11.6 Å². The number of anilines is 1. The topological polar surface area (TPSA) is 38.2 Å². The first-order chi connectivity index (χ1) is 8.29. The van der Waals surface area contributed by atoms with Crippen LogP contribution in [-0.4, -0.2) is 41.6 Å². The van der Waals surface area contributed by atoms with E-state index in [4.69, 9.17) is 16.3 Å². The molecular weight excluding hydrogens is 238 g/mol. The normalized spacial score (nSPS) is 17.4. The number of piperidine rings is 1. The van der Waals surface area contributed by atoms with E-state index in [0.717, 1.165) is 37.6 Å². The van der Waals surface area contributed by atoms with Gasteiger partial charge in [0.25, 0.3) is 0 Å². The molecule has 1 aromatic rings. The minimum absolute atomic E-state index is 0.355. The summed E-state index contributed by atoms with van der Waals surface area (Å²) in [5.74, 6) is 2.42. The Bertz CT molecular complexity index is 353. The fourth-order valence-electron chi connectivity index (χ4n) is 2.08. The van der Waals surface area contributed by atoms with E-state index < -0.39 is 0 Å². The first-order valence-electron chi connectivity index (χ1n) is 6.02. The molecule has 1 aromatic heterocycles. The van der Waals surface area contributed by atoms with E-state index >= 15 is 0 Å². The molecule has 1 saturated heterocycles. The second kappa shape index (κ2) is 6.17. The summed E-state index contributed by atoms with van der Waals surface area (Å²) in [5, 5.41) is 0. The van der Waals surface area contributed by atoms with Gasteiger partial charge < -0.3 is 9.64 Å². The lowest BCUT2D eigenvalue weighted by Gasteiger charge is -2.32. The lowest BCUT2D eigenvalue weighted by molar-refractivity contribution is 0.0471. The molecule has 0 radical (unpaired) electrons. The maximum atomic E-state index is 5.65. The van der Waals surface area contributed by atoms with E-state index in [9.17, 15) is 0 Å². The van der Waals surface area contributed by atoms with Gasteiger partial charge in [0.15, 0.2) is 0 Å². The number of aryl methyl sites for hydroxylation is 1. The Hall–Kier alpha value is -0.870. The van der Waals surface area contributed by atoms with Crippen LogP contribution in [0.25, 0.3) is 0 Å². The Morgan fingerprint density at radius 1 is 1.47 bits per heavy atom. The molecule has 0 N–H and O–H groups in total. The van der Waals surface area contributed by atoms with Gasteiger partial charge in [0.2, 0.25) is 0 Å². The van der Waals surface area contributed by atoms with Gasteiger partial charge in [-0.05, 0) is 25.8 Å². The SMILES string of the molecule is Cc1nccc(N2CCC(OCCCl)CC2)n1. The summed E-state index contributed by atoms with van der Waals surface area (Å²) in [5.41, 5.74) is 0. The number of nitrogens with zero attached hydrogens (tertiary/aromatic N) is 3. The average molecular weight is 256 g/mol. The molecule has 0 unspecified atom stereocenters. The van der Waals surface area contributed by atoms with Crippen molar-refractivity contribution in [3.05, 3.63) is 18.1 Å². The maximum absolute atomic E-state index is 5.65. The molecule has 4 nitrogen and oxygen atoms in total. The second-order valence-electron chi connectivity index (χ2n) is 4.21. The number of alkyl halides is 1. The van der Waals surface area contributed by atoms with Crippen molar-refractivity contribution in [3.63, 3.8) is 0 Å². The van der Waals surface area contributed by atoms with Crippen molar-refractivity contribution in [2.24, 2.45) is 0 Å². The largest absolute Gasteiger partial charge is 0.377 e. The smallest absolute Gasteiger partial charge is 0.132 e. The van der Waals surface area contributed by atoms with Crippen LogP contribution in [0.5, 0.6) is 0 Å². The highest BCUT2D eigenvalue weighted by molar-refractivity contribution is 6.17. The van der Waals surface area contributed by atoms with Crippen molar-refractivity contribution in [3.8, 4) is 0 Å². The summed E-state index contributed by atoms with van der Waals surface area (Å²) in [6.07, 6.45) is 4.25. The fraction of sp³-hybridized carbons (Fsp3) is 0.667. The van der Waals surface area contributed by atoms with Gasteiger partial charge in [-0.2, -0.15) is 0 Å². The van der Waals surface area contributed by atoms with Crippen LogP contribution in [-0.2, 0) is 4.74 Å². The van der Waals surface area contributed by atoms with Crippen molar-refractivity contribution in [2.45, 2.75) is 25.9 Å². The molecule has 1 aliphatic rings. The first kappa shape index (κ1) is 12.6. The number of rotatable bonds is 4. The van der Waals surface area contributed by atoms with E-state index in [1.54, 1.807) is 0 Å². The monoisotopic (exact) mass is 255 g/mol. The van der Waals surface area contributed by atoms with E-state index in [2.05, 4.69) is 14.9 Å². The van der Waals surface area contributed by atoms with Gasteiger partial charge in [0.05, 0.1) is 12.7 Å². The van der Waals surface area contributed by atoms with E-state index in [1.807, 2.05) is 19.2 Å². The van der Waals surface area contributed by atoms with Gasteiger partial charge in [0, 0.05) is 25.2 Å². The number of hydrogen-bond acceptors (Lipinski definition) is 4. The molecule has 0 atom stereocenters. The van der Waals surface area contributed by atoms with Crippen LogP contribution < -0.4 is 4.90 Å². The summed E-state index contributed by atoms with van der Waals surface area (Å²) < 4.78 is 5.65. The van der Waals surface area contributed by atoms with Crippen LogP contribution in [0, 0.1) is 6.92 Å². The molecule has 1 aliphatic heterocycles. The molecule has 2 rings (SSSR count). The number of halogens is 1. The lowest BCUT2D eigenvalue weighted by Crippen LogP contribution is -2.37. The first-order valence-corrected chi connectivity index (χ1v) is 6.55. The van der Waals surface area contributed by atoms with Gasteiger partial charge in [0.1, 0.15) is 11.6 Å². The van der Waals surface area contributed by atoms with Gasteiger partial charge >= 0.3 is 0 Å². The van der Waals surface area contributed by atoms with Gasteiger partial charge in [-0.3, -0.25) is 0 Å². The molecule has 0 amide bonds. The third kappa shape index (κ3) is 3.54. The zero-order valence-corrected chi connectivity index (χ0v) is 10.9. The summed E-state index contributed by atoms with van der Waals surface area (Å²) in [6, 6.07) is 1.97. The third-order valence-electron chi connectivity index (χ3n) is 2.96. The quantitative estimate of drug-likeness (QED) is 0.772. The Morgan fingerprint density at radius 2 is 2.24 bits per heavy atom. The van der Waals surface area contributed by atoms with Crippen LogP contribution in [0.4, 0.5) is 5.82 Å². The highest BCUT2D eigenvalue weighted by Gasteiger charge is 2.20. The molecule has 0 aromatic carbocycles. The Labute approximate surface area is 107 Å². The zero-order valence-electron chi connectivity index (χ0n) is 10.1. The van der Waals surface area contributed by atoms with Crippen molar-refractivity contribution >= 4 is 17.4 Å². The van der Waals surface area contributed by atoms with Crippen LogP contribution in [0.1, 0.15) is 18.7 Å². The predicted molar refractivity (Wildman–Crippen MR) is 68.7 cm³/mol. The van der Waals surface area contributed by atoms with E-state index in [1.165, 1.54) is 0 Å². The molecule has 17 heavy (non-hydrogen) atoms. The van der Waals surface area contributed by atoms with Gasteiger partial charge in [-0.1, -0.05) is 0 Å². The average Bonchev–Trinajstić information content (AvgIpc) is 2.37. The molecule has 5 heteroatoms. The molecule has 1 fully saturated rings. The van der Waals surface area contributed by atoms with Crippen molar-refractivity contribution < 1.29 is 4.74 Å². The minimum atomic E-state index is 0.355. The molecule has 2 heterocycles. The Morgan fingerprint density at radius 3 is 2.88 bits per heavy atom. The fourth-order valence-corrected chi connectivity index (χ4v) is 2.17. The van der Waals surface area contributed by atoms with Crippen molar-refractivity contribution in [1.82, 2.24) is 9.97 Å². The van der Waals surface area contributed by atoms with Crippen LogP contribution >= 0.6 is 11.6 Å². The van der Waals surface area contributed by atoms with Crippen molar-refractivity contribution in [1.29, 1.82) is 0 Å². The molecule has 94 valence electrons. The summed E-state index contributed by atoms with van der Waals surface area (Å²) in [6.45, 7) is 4.55. The molecule has 0 aliphatic carbocycles.